The van der Waals surface area contributed by atoms with Gasteiger partial charge >= 0.3 is 5.97 Å². The number of carbonyl (C=O) groups excluding carboxylic acids is 1. The summed E-state index contributed by atoms with van der Waals surface area (Å²) in [5.41, 5.74) is 1.47. The molecule has 0 radical (unpaired) electrons. The Morgan fingerprint density at radius 3 is 2.71 bits per heavy atom. The summed E-state index contributed by atoms with van der Waals surface area (Å²) in [7, 11) is -3.67. The monoisotopic (exact) mass is 310 g/mol. The molecule has 0 amide bonds. The summed E-state index contributed by atoms with van der Waals surface area (Å²) in [6.45, 7) is 4.88. The lowest BCUT2D eigenvalue weighted by Gasteiger charge is -2.10. The Morgan fingerprint density at radius 2 is 2.10 bits per heavy atom. The first-order chi connectivity index (χ1) is 9.76. The number of hydrogen-bond donors (Lipinski definition) is 1. The summed E-state index contributed by atoms with van der Waals surface area (Å²) >= 11 is 0. The average Bonchev–Trinajstić information content (AvgIpc) is 2.40. The largest absolute Gasteiger partial charge is 0.447 e. The van der Waals surface area contributed by atoms with E-state index in [2.05, 4.69) is 4.72 Å². The van der Waals surface area contributed by atoms with E-state index in [0.29, 0.717) is 5.56 Å². The lowest BCUT2D eigenvalue weighted by molar-refractivity contribution is -0.145. The van der Waals surface area contributed by atoms with Gasteiger partial charge in [0, 0.05) is 6.54 Å². The highest BCUT2D eigenvalue weighted by atomic mass is 32.2. The van der Waals surface area contributed by atoms with E-state index in [0.717, 1.165) is 5.56 Å². The van der Waals surface area contributed by atoms with Gasteiger partial charge < -0.3 is 4.74 Å². The Balaban J connectivity index is 2.64. The zero-order valence-corrected chi connectivity index (χ0v) is 13.0. The van der Waals surface area contributed by atoms with Crippen molar-refractivity contribution in [1.29, 1.82) is 5.26 Å². The summed E-state index contributed by atoms with van der Waals surface area (Å²) < 4.78 is 31.4. The SMILES string of the molecule is Cc1ccc(C)c(S(=O)(=O)NCCC(=O)O[C@@H](C)C#N)c1. The fraction of sp³-hybridized carbons (Fsp3) is 0.429. The van der Waals surface area contributed by atoms with E-state index in [1.807, 2.05) is 6.07 Å². The van der Waals surface area contributed by atoms with Crippen molar-refractivity contribution < 1.29 is 17.9 Å². The van der Waals surface area contributed by atoms with Crippen LogP contribution in [-0.2, 0) is 19.6 Å². The Kier molecular flexibility index (Phi) is 5.88. The van der Waals surface area contributed by atoms with E-state index in [1.54, 1.807) is 32.0 Å². The van der Waals surface area contributed by atoms with Crippen LogP contribution < -0.4 is 4.72 Å². The third-order valence-corrected chi connectivity index (χ3v) is 4.35. The third-order valence-electron chi connectivity index (χ3n) is 2.74. The van der Waals surface area contributed by atoms with E-state index < -0.39 is 22.1 Å². The van der Waals surface area contributed by atoms with E-state index in [4.69, 9.17) is 10.00 Å². The summed E-state index contributed by atoms with van der Waals surface area (Å²) in [5, 5.41) is 8.50. The molecule has 0 saturated heterocycles. The van der Waals surface area contributed by atoms with E-state index in [1.165, 1.54) is 6.92 Å². The van der Waals surface area contributed by atoms with Crippen LogP contribution >= 0.6 is 0 Å². The zero-order chi connectivity index (χ0) is 16.0. The van der Waals surface area contributed by atoms with Crippen molar-refractivity contribution in [2.75, 3.05) is 6.54 Å². The number of nitrogens with zero attached hydrogens (tertiary/aromatic N) is 1. The molecule has 1 aromatic rings. The van der Waals surface area contributed by atoms with Crippen LogP contribution in [0.15, 0.2) is 23.1 Å². The number of nitrogens with one attached hydrogen (secondary N) is 1. The van der Waals surface area contributed by atoms with Crippen LogP contribution in [0.4, 0.5) is 0 Å². The molecule has 1 atom stereocenters. The van der Waals surface area contributed by atoms with Crippen molar-refractivity contribution in [2.24, 2.45) is 0 Å². The molecular formula is C14H18N2O4S. The van der Waals surface area contributed by atoms with Gasteiger partial charge in [-0.15, -0.1) is 0 Å². The fourth-order valence-corrected chi connectivity index (χ4v) is 3.00. The van der Waals surface area contributed by atoms with Crippen LogP contribution in [0.2, 0.25) is 0 Å². The van der Waals surface area contributed by atoms with E-state index in [-0.39, 0.29) is 17.9 Å². The Labute approximate surface area is 124 Å². The van der Waals surface area contributed by atoms with Crippen LogP contribution in [0.5, 0.6) is 0 Å². The van der Waals surface area contributed by atoms with Crippen molar-refractivity contribution in [3.63, 3.8) is 0 Å². The quantitative estimate of drug-likeness (QED) is 0.802. The lowest BCUT2D eigenvalue weighted by atomic mass is 10.2. The minimum absolute atomic E-state index is 0.0767. The summed E-state index contributed by atoms with van der Waals surface area (Å²) in [5.74, 6) is -0.618. The molecular weight excluding hydrogens is 292 g/mol. The van der Waals surface area contributed by atoms with Crippen LogP contribution in [0.3, 0.4) is 0 Å². The van der Waals surface area contributed by atoms with E-state index >= 15 is 0 Å². The van der Waals surface area contributed by atoms with Crippen LogP contribution in [0.1, 0.15) is 24.5 Å². The van der Waals surface area contributed by atoms with Gasteiger partial charge in [0.25, 0.3) is 0 Å². The Bertz CT molecular complexity index is 662. The smallest absolute Gasteiger partial charge is 0.308 e. The Hall–Kier alpha value is -1.91. The van der Waals surface area contributed by atoms with Gasteiger partial charge in [0.1, 0.15) is 6.07 Å². The molecule has 0 unspecified atom stereocenters. The molecule has 0 aliphatic rings. The molecule has 6 nitrogen and oxygen atoms in total. The maximum atomic E-state index is 12.1. The minimum Gasteiger partial charge on any atom is -0.447 e. The first-order valence-electron chi connectivity index (χ1n) is 6.42. The predicted molar refractivity (Wildman–Crippen MR) is 76.9 cm³/mol. The number of aryl methyl sites for hydroxylation is 2. The number of sulfonamides is 1. The zero-order valence-electron chi connectivity index (χ0n) is 12.2. The molecule has 0 aliphatic carbocycles. The molecule has 0 bridgehead atoms. The molecule has 1 aromatic carbocycles. The second kappa shape index (κ2) is 7.20. The molecule has 1 N–H and O–H groups in total. The number of esters is 1. The minimum atomic E-state index is -3.67. The highest BCUT2D eigenvalue weighted by Gasteiger charge is 2.17. The first kappa shape index (κ1) is 17.1. The van der Waals surface area contributed by atoms with Gasteiger partial charge in [0.15, 0.2) is 6.10 Å². The Morgan fingerprint density at radius 1 is 1.43 bits per heavy atom. The van der Waals surface area contributed by atoms with Crippen LogP contribution in [0, 0.1) is 25.2 Å². The number of hydrogen-bond acceptors (Lipinski definition) is 5. The van der Waals surface area contributed by atoms with Gasteiger partial charge in [-0.05, 0) is 38.0 Å². The number of ether oxygens (including phenoxy) is 1. The predicted octanol–water partition coefficient (Wildman–Crippen LogP) is 1.43. The standard InChI is InChI=1S/C14H18N2O4S/c1-10-4-5-11(2)13(8-10)21(18,19)16-7-6-14(17)20-12(3)9-15/h4-5,8,12,16H,6-7H2,1-3H3/t12-/m0/s1. The molecule has 0 saturated carbocycles. The van der Waals surface area contributed by atoms with Gasteiger partial charge in [-0.25, -0.2) is 13.1 Å². The molecule has 0 fully saturated rings. The number of benzene rings is 1. The van der Waals surface area contributed by atoms with Crippen molar-refractivity contribution >= 4 is 16.0 Å². The molecule has 0 spiro atoms. The maximum absolute atomic E-state index is 12.1. The molecule has 7 heteroatoms. The second-order valence-electron chi connectivity index (χ2n) is 4.68. The van der Waals surface area contributed by atoms with Crippen molar-refractivity contribution in [3.05, 3.63) is 29.3 Å². The first-order valence-corrected chi connectivity index (χ1v) is 7.90. The average molecular weight is 310 g/mol. The summed E-state index contributed by atoms with van der Waals surface area (Å²) in [4.78, 5) is 11.5. The highest BCUT2D eigenvalue weighted by molar-refractivity contribution is 7.89. The van der Waals surface area contributed by atoms with Crippen molar-refractivity contribution in [3.8, 4) is 6.07 Å². The number of carbonyl (C=O) groups is 1. The van der Waals surface area contributed by atoms with Crippen molar-refractivity contribution in [2.45, 2.75) is 38.2 Å². The van der Waals surface area contributed by atoms with Gasteiger partial charge in [-0.1, -0.05) is 12.1 Å². The normalized spacial score (nSPS) is 12.5. The lowest BCUT2D eigenvalue weighted by Crippen LogP contribution is -2.28. The molecule has 0 aromatic heterocycles. The molecule has 0 aliphatic heterocycles. The fourth-order valence-electron chi connectivity index (χ4n) is 1.64. The van der Waals surface area contributed by atoms with Crippen molar-refractivity contribution in [1.82, 2.24) is 4.72 Å². The van der Waals surface area contributed by atoms with Gasteiger partial charge in [0.05, 0.1) is 11.3 Å². The van der Waals surface area contributed by atoms with E-state index in [9.17, 15) is 13.2 Å². The van der Waals surface area contributed by atoms with Gasteiger partial charge in [0.2, 0.25) is 10.0 Å². The topological polar surface area (TPSA) is 96.3 Å². The maximum Gasteiger partial charge on any atom is 0.308 e. The molecule has 114 valence electrons. The summed E-state index contributed by atoms with van der Waals surface area (Å²) in [6, 6.07) is 6.89. The van der Waals surface area contributed by atoms with Crippen LogP contribution in [0.25, 0.3) is 0 Å². The number of rotatable bonds is 6. The summed E-state index contributed by atoms with van der Waals surface area (Å²) in [6.07, 6.45) is -0.969. The van der Waals surface area contributed by atoms with Gasteiger partial charge in [-0.2, -0.15) is 5.26 Å². The van der Waals surface area contributed by atoms with Crippen LogP contribution in [-0.4, -0.2) is 27.0 Å². The van der Waals surface area contributed by atoms with Gasteiger partial charge in [-0.3, -0.25) is 4.79 Å². The third kappa shape index (κ3) is 5.17. The molecule has 1 rings (SSSR count). The second-order valence-corrected chi connectivity index (χ2v) is 6.41. The highest BCUT2D eigenvalue weighted by Crippen LogP contribution is 2.16. The molecule has 21 heavy (non-hydrogen) atoms. The number of nitriles is 1. The molecule has 0 heterocycles.